The van der Waals surface area contributed by atoms with E-state index in [-0.39, 0.29) is 12.1 Å². The van der Waals surface area contributed by atoms with Gasteiger partial charge < -0.3 is 15.0 Å². The predicted octanol–water partition coefficient (Wildman–Crippen LogP) is 2.83. The van der Waals surface area contributed by atoms with Gasteiger partial charge in [-0.3, -0.25) is 0 Å². The van der Waals surface area contributed by atoms with Crippen LogP contribution < -0.4 is 5.32 Å². The molecule has 0 spiro atoms. The minimum absolute atomic E-state index is 0.202. The maximum absolute atomic E-state index is 12.4. The molecule has 1 aromatic rings. The third-order valence-electron chi connectivity index (χ3n) is 3.59. The molecule has 1 atom stereocenters. The summed E-state index contributed by atoms with van der Waals surface area (Å²) in [6, 6.07) is 10.5. The zero-order valence-electron chi connectivity index (χ0n) is 13.3. The largest absolute Gasteiger partial charge is 0.444 e. The summed E-state index contributed by atoms with van der Waals surface area (Å²) in [7, 11) is 0. The van der Waals surface area contributed by atoms with Crippen LogP contribution in [0.25, 0.3) is 0 Å². The molecule has 0 aliphatic carbocycles. The number of carbonyl (C=O) groups is 1. The summed E-state index contributed by atoms with van der Waals surface area (Å²) in [6.45, 7) is 8.25. The van der Waals surface area contributed by atoms with E-state index < -0.39 is 5.60 Å². The first-order valence-electron chi connectivity index (χ1n) is 7.70. The van der Waals surface area contributed by atoms with Crippen molar-refractivity contribution in [3.63, 3.8) is 0 Å². The number of nitrogens with one attached hydrogen (secondary N) is 1. The van der Waals surface area contributed by atoms with Crippen LogP contribution >= 0.6 is 0 Å². The molecule has 2 rings (SSSR count). The van der Waals surface area contributed by atoms with Gasteiger partial charge in [0.15, 0.2) is 0 Å². The van der Waals surface area contributed by atoms with Gasteiger partial charge in [0.2, 0.25) is 0 Å². The van der Waals surface area contributed by atoms with E-state index in [1.165, 1.54) is 5.56 Å². The van der Waals surface area contributed by atoms with E-state index >= 15 is 0 Å². The average molecular weight is 290 g/mol. The van der Waals surface area contributed by atoms with Crippen LogP contribution in [0.2, 0.25) is 0 Å². The van der Waals surface area contributed by atoms with E-state index in [1.54, 1.807) is 0 Å². The molecule has 1 aliphatic heterocycles. The molecule has 1 aliphatic rings. The van der Waals surface area contributed by atoms with Gasteiger partial charge in [-0.25, -0.2) is 4.79 Å². The Kier molecular flexibility index (Phi) is 5.23. The zero-order chi connectivity index (χ0) is 15.3. The normalized spacial score (nSPS) is 18.5. The highest BCUT2D eigenvalue weighted by atomic mass is 16.6. The molecule has 0 aromatic heterocycles. The highest BCUT2D eigenvalue weighted by Crippen LogP contribution is 2.16. The van der Waals surface area contributed by atoms with Gasteiger partial charge in [0.05, 0.1) is 0 Å². The summed E-state index contributed by atoms with van der Waals surface area (Å²) < 4.78 is 5.56. The van der Waals surface area contributed by atoms with Crippen LogP contribution in [0, 0.1) is 0 Å². The van der Waals surface area contributed by atoms with E-state index in [2.05, 4.69) is 17.4 Å². The number of carbonyl (C=O) groups excluding carboxylic acids is 1. The molecule has 1 N–H and O–H groups in total. The molecular weight excluding hydrogens is 264 g/mol. The van der Waals surface area contributed by atoms with Crippen molar-refractivity contribution in [3.05, 3.63) is 35.9 Å². The summed E-state index contributed by atoms with van der Waals surface area (Å²) in [5.41, 5.74) is 0.797. The van der Waals surface area contributed by atoms with Crippen molar-refractivity contribution in [1.29, 1.82) is 0 Å². The van der Waals surface area contributed by atoms with Crippen molar-refractivity contribution in [1.82, 2.24) is 10.2 Å². The van der Waals surface area contributed by atoms with Gasteiger partial charge in [0.25, 0.3) is 0 Å². The van der Waals surface area contributed by atoms with Crippen LogP contribution in [0.4, 0.5) is 4.79 Å². The molecule has 1 unspecified atom stereocenters. The molecule has 1 fully saturated rings. The van der Waals surface area contributed by atoms with Crippen LogP contribution in [0.5, 0.6) is 0 Å². The lowest BCUT2D eigenvalue weighted by molar-refractivity contribution is 0.0179. The molecule has 21 heavy (non-hydrogen) atoms. The van der Waals surface area contributed by atoms with Gasteiger partial charge in [0.1, 0.15) is 5.60 Å². The third kappa shape index (κ3) is 5.05. The standard InChI is InChI=1S/C17H26N2O2/c1-17(2,3)21-16(20)19(15-9-11-18-13-15)12-10-14-7-5-4-6-8-14/h4-8,15,18H,9-13H2,1-3H3. The Morgan fingerprint density at radius 3 is 2.62 bits per heavy atom. The van der Waals surface area contributed by atoms with Gasteiger partial charge in [-0.1, -0.05) is 30.3 Å². The number of rotatable bonds is 4. The Morgan fingerprint density at radius 2 is 2.05 bits per heavy atom. The highest BCUT2D eigenvalue weighted by Gasteiger charge is 2.29. The average Bonchev–Trinajstić information content (AvgIpc) is 2.92. The molecule has 1 aromatic carbocycles. The Bertz CT molecular complexity index is 448. The van der Waals surface area contributed by atoms with E-state index in [1.807, 2.05) is 43.9 Å². The number of ether oxygens (including phenoxy) is 1. The Balaban J connectivity index is 2.00. The molecule has 0 saturated carbocycles. The predicted molar refractivity (Wildman–Crippen MR) is 84.4 cm³/mol. The second kappa shape index (κ2) is 6.94. The summed E-state index contributed by atoms with van der Waals surface area (Å²) >= 11 is 0. The first-order chi connectivity index (χ1) is 9.96. The third-order valence-corrected chi connectivity index (χ3v) is 3.59. The fourth-order valence-corrected chi connectivity index (χ4v) is 2.54. The van der Waals surface area contributed by atoms with E-state index in [9.17, 15) is 4.79 Å². The maximum atomic E-state index is 12.4. The lowest BCUT2D eigenvalue weighted by Crippen LogP contribution is -2.45. The zero-order valence-corrected chi connectivity index (χ0v) is 13.3. The van der Waals surface area contributed by atoms with Crippen molar-refractivity contribution in [3.8, 4) is 0 Å². The van der Waals surface area contributed by atoms with Gasteiger partial charge in [-0.15, -0.1) is 0 Å². The van der Waals surface area contributed by atoms with E-state index in [0.717, 1.165) is 25.9 Å². The van der Waals surface area contributed by atoms with Crippen molar-refractivity contribution >= 4 is 6.09 Å². The molecule has 1 amide bonds. The molecule has 1 saturated heterocycles. The molecule has 4 heteroatoms. The van der Waals surface area contributed by atoms with E-state index in [4.69, 9.17) is 4.74 Å². The quantitative estimate of drug-likeness (QED) is 0.927. The minimum Gasteiger partial charge on any atom is -0.444 e. The summed E-state index contributed by atoms with van der Waals surface area (Å²) in [5.74, 6) is 0. The lowest BCUT2D eigenvalue weighted by Gasteiger charge is -2.31. The molecule has 1 heterocycles. The number of amides is 1. The molecular formula is C17H26N2O2. The molecule has 116 valence electrons. The van der Waals surface area contributed by atoms with Gasteiger partial charge in [0, 0.05) is 19.1 Å². The van der Waals surface area contributed by atoms with Crippen molar-refractivity contribution in [2.45, 2.75) is 45.3 Å². The topological polar surface area (TPSA) is 41.6 Å². The summed E-state index contributed by atoms with van der Waals surface area (Å²) in [6.07, 6.45) is 1.65. The fraction of sp³-hybridized carbons (Fsp3) is 0.588. The minimum atomic E-state index is -0.450. The first-order valence-corrected chi connectivity index (χ1v) is 7.70. The van der Waals surface area contributed by atoms with Gasteiger partial charge in [-0.05, 0) is 45.7 Å². The van der Waals surface area contributed by atoms with Crippen LogP contribution in [0.15, 0.2) is 30.3 Å². The second-order valence-electron chi connectivity index (χ2n) is 6.56. The maximum Gasteiger partial charge on any atom is 0.410 e. The van der Waals surface area contributed by atoms with Crippen LogP contribution in [0.3, 0.4) is 0 Å². The van der Waals surface area contributed by atoms with Crippen molar-refractivity contribution < 1.29 is 9.53 Å². The van der Waals surface area contributed by atoms with Crippen molar-refractivity contribution in [2.75, 3.05) is 19.6 Å². The van der Waals surface area contributed by atoms with Gasteiger partial charge in [-0.2, -0.15) is 0 Å². The van der Waals surface area contributed by atoms with Gasteiger partial charge >= 0.3 is 6.09 Å². The fourth-order valence-electron chi connectivity index (χ4n) is 2.54. The summed E-state index contributed by atoms with van der Waals surface area (Å²) in [5, 5.41) is 3.32. The SMILES string of the molecule is CC(C)(C)OC(=O)N(CCc1ccccc1)C1CCNC1. The Morgan fingerprint density at radius 1 is 1.33 bits per heavy atom. The Hall–Kier alpha value is -1.55. The Labute approximate surface area is 127 Å². The van der Waals surface area contributed by atoms with Crippen molar-refractivity contribution in [2.24, 2.45) is 0 Å². The first kappa shape index (κ1) is 15.8. The van der Waals surface area contributed by atoms with Crippen LogP contribution in [0.1, 0.15) is 32.8 Å². The summed E-state index contributed by atoms with van der Waals surface area (Å²) in [4.78, 5) is 14.3. The number of hydrogen-bond donors (Lipinski definition) is 1. The lowest BCUT2D eigenvalue weighted by atomic mass is 10.1. The number of hydrogen-bond acceptors (Lipinski definition) is 3. The number of nitrogens with zero attached hydrogens (tertiary/aromatic N) is 1. The molecule has 0 bridgehead atoms. The van der Waals surface area contributed by atoms with Crippen LogP contribution in [-0.2, 0) is 11.2 Å². The molecule has 4 nitrogen and oxygen atoms in total. The number of benzene rings is 1. The van der Waals surface area contributed by atoms with Crippen LogP contribution in [-0.4, -0.2) is 42.3 Å². The molecule has 0 radical (unpaired) electrons. The highest BCUT2D eigenvalue weighted by molar-refractivity contribution is 5.68. The second-order valence-corrected chi connectivity index (χ2v) is 6.56. The van der Waals surface area contributed by atoms with E-state index in [0.29, 0.717) is 6.54 Å². The smallest absolute Gasteiger partial charge is 0.410 e. The monoisotopic (exact) mass is 290 g/mol.